The number of aliphatic hydroxyl groups is 32. The van der Waals surface area contributed by atoms with Crippen LogP contribution in [0.25, 0.3) is 0 Å². The van der Waals surface area contributed by atoms with Crippen molar-refractivity contribution in [1.82, 2.24) is 45.8 Å². The molecule has 39 N–H and O–H groups in total. The van der Waals surface area contributed by atoms with Crippen molar-refractivity contribution >= 4 is 53.4 Å². The number of hydrogen-bond acceptors (Lipinski definition) is 52. The number of hydrogen-bond donors (Lipinski definition) is 39. The molecule has 768 valence electrons. The lowest BCUT2D eigenvalue weighted by Gasteiger charge is -2.42. The third kappa shape index (κ3) is 33.7. The second-order valence-corrected chi connectivity index (χ2v) is 31.2. The van der Waals surface area contributed by atoms with Gasteiger partial charge in [-0.1, -0.05) is 0 Å². The normalized spacial score (nSPS) is 29.9. The van der Waals surface area contributed by atoms with Crippen LogP contribution in [-0.4, -0.2) is 641 Å². The number of amides is 6. The molecule has 4 saturated heterocycles. The number of rotatable bonds is 60. The van der Waals surface area contributed by atoms with Crippen LogP contribution in [0.2, 0.25) is 0 Å². The van der Waals surface area contributed by atoms with Gasteiger partial charge in [0.15, 0.2) is 49.6 Å². The van der Waals surface area contributed by atoms with Crippen LogP contribution in [0.3, 0.4) is 0 Å². The first-order valence-electron chi connectivity index (χ1n) is 40.9. The van der Waals surface area contributed by atoms with E-state index in [9.17, 15) is 222 Å². The van der Waals surface area contributed by atoms with Crippen LogP contribution in [0, 0.1) is 0 Å². The van der Waals surface area contributed by atoms with Crippen molar-refractivity contribution in [1.29, 1.82) is 0 Å². The van der Waals surface area contributed by atoms with Crippen molar-refractivity contribution in [3.63, 3.8) is 0 Å². The molecule has 0 aromatic carbocycles. The fraction of sp³-hybridized carbons (Fsp3) is 0.873. The lowest BCUT2D eigenvalue weighted by molar-refractivity contribution is -0.326. The van der Waals surface area contributed by atoms with Crippen LogP contribution in [0.5, 0.6) is 0 Å². The Kier molecular flexibility index (Phi) is 50.9. The molecule has 4 aliphatic rings. The topological polar surface area (TPSA) is 1000 Å². The Morgan fingerprint density at radius 1 is 0.303 bits per heavy atom. The zero-order chi connectivity index (χ0) is 99.9. The van der Waals surface area contributed by atoms with Crippen molar-refractivity contribution in [2.24, 2.45) is 0 Å². The number of ether oxygens (including phenoxy) is 8. The second-order valence-electron chi connectivity index (χ2n) is 31.2. The molecule has 0 aromatic heterocycles. The maximum absolute atomic E-state index is 14.7. The quantitative estimate of drug-likeness (QED) is 0.0269. The molecule has 1 unspecified atom stereocenters. The van der Waals surface area contributed by atoms with Gasteiger partial charge in [0.25, 0.3) is 23.6 Å². The first kappa shape index (κ1) is 118. The van der Waals surface area contributed by atoms with E-state index in [0.29, 0.717) is 0 Å². The molecule has 61 nitrogen and oxygen atoms in total. The summed E-state index contributed by atoms with van der Waals surface area (Å²) in [7, 11) is 0. The molecule has 0 saturated carbocycles. The molecule has 37 atom stereocenters. The summed E-state index contributed by atoms with van der Waals surface area (Å²) in [6, 6.07) is -1.47. The average Bonchev–Trinajstić information content (AvgIpc) is 0.813. The minimum atomic E-state index is -2.73. The minimum Gasteiger partial charge on any atom is -0.480 e. The Morgan fingerprint density at radius 2 is 0.538 bits per heavy atom. The molecule has 4 rings (SSSR count). The number of carboxylic acids is 3. The molecule has 132 heavy (non-hydrogen) atoms. The molecule has 61 heteroatoms. The average molecular weight is 1940 g/mol. The van der Waals surface area contributed by atoms with Gasteiger partial charge in [-0.05, 0) is 6.92 Å². The van der Waals surface area contributed by atoms with Gasteiger partial charge >= 0.3 is 17.9 Å². The second kappa shape index (κ2) is 57.0. The number of carbonyl (C=O) groups is 9. The standard InChI is InChI=1S/C71H127N9O52/c1-26(12-75-67(124)55(116)51(112)63(30(92)21-84)132-71-59(120)47(108)43(104)34(25-88)128-71)80(7-4-74-66(123)54(115)50(111)62(29(91)20-83)131-70-58(119)46(107)42(103)33(24-87)127-70)36(94)14-78(17-39(99)100)11-9-76(15-37(95)96)8-10-77(16-38(97)98)13-35(93)79(5-2-72-64(121)52(113)48(109)60(27(89)18-81)129-68-56(117)44(105)40(101)31(22-85)125-68)6-3-73-65(122)53(114)49(110)61(28(90)19-82)130-69-57(118)45(106)41(102)32(23-86)126-69/h26-34,40-63,68-71,81-92,101-120H,2-25H2,1H3,(H,72,121)(H,73,122)(H,74,123)(H,75,124)(H,95,96)(H,97,98)(H,99,100)/t26?,27-,28-,29-,30-,31-,32-,33-,34-,40+,41+,42+,43+,44+,45+,46+,47+,48-,49-,50-,51-,52-,53-,54-,55-,56-,57-,58-,59-,60-,61-,62-,63-,68+,69+,70+,71+/m1/s1. The lowest BCUT2D eigenvalue weighted by Crippen LogP contribution is -2.62. The molecule has 0 aliphatic carbocycles. The fourth-order valence-electron chi connectivity index (χ4n) is 13.8. The highest BCUT2D eigenvalue weighted by atomic mass is 16.7. The largest absolute Gasteiger partial charge is 0.480 e. The number of aliphatic hydroxyl groups excluding tert-OH is 32. The Morgan fingerprint density at radius 3 is 0.788 bits per heavy atom. The van der Waals surface area contributed by atoms with Gasteiger partial charge < -0.3 is 248 Å². The zero-order valence-electron chi connectivity index (χ0n) is 70.7. The van der Waals surface area contributed by atoms with E-state index in [0.717, 1.165) is 31.4 Å². The van der Waals surface area contributed by atoms with E-state index < -0.39 is 437 Å². The first-order chi connectivity index (χ1) is 62.0. The Bertz CT molecular complexity index is 3390. The highest BCUT2D eigenvalue weighted by Gasteiger charge is 2.53. The summed E-state index contributed by atoms with van der Waals surface area (Å²) < 4.78 is 42.2. The Balaban J connectivity index is 1.66. The van der Waals surface area contributed by atoms with Crippen LogP contribution in [0.4, 0.5) is 0 Å². The number of carbonyl (C=O) groups excluding carboxylic acids is 6. The van der Waals surface area contributed by atoms with Crippen molar-refractivity contribution < 1.29 is 260 Å². The van der Waals surface area contributed by atoms with Crippen molar-refractivity contribution in [2.45, 2.75) is 233 Å². The van der Waals surface area contributed by atoms with E-state index in [-0.39, 0.29) is 0 Å². The SMILES string of the molecule is CC(CNC(=O)[C@H](O)[C@@H](O)[C@H](O[C@@H]1O[C@H](CO)[C@H](O)[C@H](O)[C@H]1O)[C@H](O)CO)N(CCNC(=O)[C@H](O)[C@@H](O)[C@H](O[C@@H]1O[C@H](CO)[C@H](O)[C@H](O)[C@H]1O)[C@H](O)CO)C(=O)CN(CCN(CCN(CC(=O)O)CC(=O)N(CCNC(=O)[C@H](O)[C@@H](O)[C@H](O[C@@H]1O[C@H](CO)[C@H](O)[C@H](O)[C@H]1O)[C@H](O)CO)CCNC(=O)[C@H](O)[C@@H](O)[C@H](O[C@@H]1O[C@H](CO)[C@H](O)[C@H](O)[C@H]1O)[C@H](O)CO)CC(=O)O)CC(=O)O. The van der Waals surface area contributed by atoms with Gasteiger partial charge in [-0.15, -0.1) is 0 Å². The van der Waals surface area contributed by atoms with Crippen LogP contribution in [-0.2, 0) is 81.0 Å². The van der Waals surface area contributed by atoms with E-state index in [4.69, 9.17) is 37.9 Å². The van der Waals surface area contributed by atoms with Gasteiger partial charge in [0.2, 0.25) is 11.8 Å². The summed E-state index contributed by atoms with van der Waals surface area (Å²) in [6.45, 7) is -21.7. The third-order valence-electron chi connectivity index (χ3n) is 21.6. The molecule has 0 radical (unpaired) electrons. The van der Waals surface area contributed by atoms with Crippen LogP contribution >= 0.6 is 0 Å². The van der Waals surface area contributed by atoms with E-state index in [1.54, 1.807) is 0 Å². The lowest BCUT2D eigenvalue weighted by atomic mass is 9.98. The molecule has 0 spiro atoms. The summed E-state index contributed by atoms with van der Waals surface area (Å²) in [4.78, 5) is 125. The Hall–Kier alpha value is -6.49. The van der Waals surface area contributed by atoms with Crippen molar-refractivity contribution in [3.05, 3.63) is 0 Å². The van der Waals surface area contributed by atoms with E-state index in [1.807, 2.05) is 0 Å². The van der Waals surface area contributed by atoms with Gasteiger partial charge in [0, 0.05) is 78.0 Å². The van der Waals surface area contributed by atoms with Crippen LogP contribution < -0.4 is 21.3 Å². The molecule has 4 fully saturated rings. The highest BCUT2D eigenvalue weighted by molar-refractivity contribution is 5.84. The monoisotopic (exact) mass is 1940 g/mol. The van der Waals surface area contributed by atoms with Crippen molar-refractivity contribution in [2.75, 3.05) is 158 Å². The summed E-state index contributed by atoms with van der Waals surface area (Å²) in [6.07, 6.45) is -80.2. The maximum atomic E-state index is 14.7. The maximum Gasteiger partial charge on any atom is 0.317 e. The minimum absolute atomic E-state index is 0.602. The molecular formula is C71H127N9O52. The third-order valence-corrected chi connectivity index (χ3v) is 21.6. The summed E-state index contributed by atoms with van der Waals surface area (Å²) in [5.74, 6) is -13.7. The molecular weight excluding hydrogens is 1810 g/mol. The fourth-order valence-corrected chi connectivity index (χ4v) is 13.8. The van der Waals surface area contributed by atoms with E-state index in [1.165, 1.54) is 0 Å². The number of carboxylic acid groups (broad SMARTS) is 3. The van der Waals surface area contributed by atoms with E-state index >= 15 is 0 Å². The number of aliphatic carboxylic acids is 3. The zero-order valence-corrected chi connectivity index (χ0v) is 70.7. The van der Waals surface area contributed by atoms with Gasteiger partial charge in [-0.3, -0.25) is 57.9 Å². The Labute approximate surface area is 747 Å². The molecule has 4 aliphatic heterocycles. The van der Waals surface area contributed by atoms with Crippen molar-refractivity contribution in [3.8, 4) is 0 Å². The summed E-state index contributed by atoms with van der Waals surface area (Å²) in [5.41, 5.74) is 0. The molecule has 0 bridgehead atoms. The highest BCUT2D eigenvalue weighted by Crippen LogP contribution is 2.31. The van der Waals surface area contributed by atoms with Crippen LogP contribution in [0.15, 0.2) is 0 Å². The summed E-state index contributed by atoms with van der Waals surface area (Å²) >= 11 is 0. The number of nitrogens with zero attached hydrogens (tertiary/aromatic N) is 5. The molecule has 4 heterocycles. The smallest absolute Gasteiger partial charge is 0.317 e. The van der Waals surface area contributed by atoms with Gasteiger partial charge in [-0.25, -0.2) is 0 Å². The van der Waals surface area contributed by atoms with E-state index in [2.05, 4.69) is 21.3 Å². The molecule has 6 amide bonds. The van der Waals surface area contributed by atoms with Gasteiger partial charge in [-0.2, -0.15) is 0 Å². The van der Waals surface area contributed by atoms with Crippen LogP contribution in [0.1, 0.15) is 6.92 Å². The predicted octanol–water partition coefficient (Wildman–Crippen LogP) is -27.3. The van der Waals surface area contributed by atoms with Gasteiger partial charge in [0.05, 0.1) is 85.6 Å². The predicted molar refractivity (Wildman–Crippen MR) is 417 cm³/mol. The first-order valence-corrected chi connectivity index (χ1v) is 40.9. The molecule has 0 aromatic rings. The summed E-state index contributed by atoms with van der Waals surface area (Å²) in [5, 5.41) is 373. The van der Waals surface area contributed by atoms with Gasteiger partial charge in [0.1, 0.15) is 171 Å². The number of nitrogens with one attached hydrogen (secondary N) is 4.